The molecular weight excluding hydrogens is 533 g/mol. The van der Waals surface area contributed by atoms with Crippen molar-refractivity contribution in [3.8, 4) is 16.9 Å². The second kappa shape index (κ2) is 11.2. The van der Waals surface area contributed by atoms with Gasteiger partial charge in [-0.3, -0.25) is 14.5 Å². The zero-order valence-electron chi connectivity index (χ0n) is 21.9. The molecule has 0 saturated carbocycles. The van der Waals surface area contributed by atoms with Crippen LogP contribution in [0.4, 0.5) is 19.0 Å². The van der Waals surface area contributed by atoms with Crippen LogP contribution in [0.3, 0.4) is 0 Å². The van der Waals surface area contributed by atoms with E-state index in [-0.39, 0.29) is 34.1 Å². The zero-order valence-corrected chi connectivity index (χ0v) is 22.7. The van der Waals surface area contributed by atoms with E-state index in [1.807, 2.05) is 14.0 Å². The number of anilines is 1. The van der Waals surface area contributed by atoms with Crippen LogP contribution < -0.4 is 15.0 Å². The predicted molar refractivity (Wildman–Crippen MR) is 143 cm³/mol. The number of hydrogen-bond acceptors (Lipinski definition) is 5. The summed E-state index contributed by atoms with van der Waals surface area (Å²) in [6.07, 6.45) is 1.43. The predicted octanol–water partition coefficient (Wildman–Crippen LogP) is 5.20. The average molecular weight is 561 g/mol. The Morgan fingerprint density at radius 1 is 1.23 bits per heavy atom. The topological polar surface area (TPSA) is 74.8 Å². The van der Waals surface area contributed by atoms with Crippen LogP contribution in [0, 0.1) is 12.7 Å². The summed E-state index contributed by atoms with van der Waals surface area (Å²) in [6, 6.07) is 10.5. The maximum absolute atomic E-state index is 14.4. The number of nitrogens with zero attached hydrogens (tertiary/aromatic N) is 3. The minimum atomic E-state index is -3.17. The molecule has 0 radical (unpaired) electrons. The number of nitrogens with one attached hydrogen (secondary N) is 1. The first kappa shape index (κ1) is 28.4. The van der Waals surface area contributed by atoms with E-state index in [0.717, 1.165) is 29.6 Å². The van der Waals surface area contributed by atoms with Gasteiger partial charge in [-0.25, -0.2) is 18.2 Å². The number of rotatable bonds is 8. The lowest BCUT2D eigenvalue weighted by molar-refractivity contribution is -0.0228. The van der Waals surface area contributed by atoms with Crippen molar-refractivity contribution in [2.75, 3.05) is 38.7 Å². The minimum Gasteiger partial charge on any atom is -0.483 e. The first-order valence-corrected chi connectivity index (χ1v) is 12.5. The van der Waals surface area contributed by atoms with E-state index in [4.69, 9.17) is 16.3 Å². The van der Waals surface area contributed by atoms with Crippen molar-refractivity contribution < 1.29 is 27.5 Å². The highest BCUT2D eigenvalue weighted by atomic mass is 35.5. The van der Waals surface area contributed by atoms with Crippen LogP contribution in [0.2, 0.25) is 5.02 Å². The van der Waals surface area contributed by atoms with E-state index in [2.05, 4.69) is 15.2 Å². The molecule has 1 aliphatic rings. The lowest BCUT2D eigenvalue weighted by Crippen LogP contribution is -2.57. The number of likely N-dealkylation sites (tertiary alicyclic amines) is 1. The zero-order chi connectivity index (χ0) is 28.5. The molecule has 1 fully saturated rings. The first-order chi connectivity index (χ1) is 18.3. The van der Waals surface area contributed by atoms with Crippen LogP contribution in [-0.4, -0.2) is 67.5 Å². The van der Waals surface area contributed by atoms with E-state index >= 15 is 0 Å². The van der Waals surface area contributed by atoms with Crippen LogP contribution in [0.15, 0.2) is 48.7 Å². The Morgan fingerprint density at radius 2 is 1.95 bits per heavy atom. The number of hydrogen-bond donors (Lipinski definition) is 1. The maximum atomic E-state index is 14.4. The summed E-state index contributed by atoms with van der Waals surface area (Å²) >= 11 is 6.06. The molecule has 0 unspecified atom stereocenters. The molecule has 2 amide bonds. The van der Waals surface area contributed by atoms with Gasteiger partial charge < -0.3 is 15.0 Å². The van der Waals surface area contributed by atoms with E-state index in [0.29, 0.717) is 23.6 Å². The van der Waals surface area contributed by atoms with E-state index in [9.17, 15) is 22.8 Å². The molecule has 1 saturated heterocycles. The number of benzene rings is 2. The van der Waals surface area contributed by atoms with Crippen molar-refractivity contribution in [2.24, 2.45) is 0 Å². The van der Waals surface area contributed by atoms with Crippen LogP contribution in [0.5, 0.6) is 5.75 Å². The van der Waals surface area contributed by atoms with E-state index in [1.165, 1.54) is 31.4 Å². The van der Waals surface area contributed by atoms with Gasteiger partial charge >= 0.3 is 0 Å². The van der Waals surface area contributed by atoms with Gasteiger partial charge in [-0.2, -0.15) is 0 Å². The van der Waals surface area contributed by atoms with Gasteiger partial charge in [0, 0.05) is 44.4 Å². The lowest BCUT2D eigenvalue weighted by atomic mass is 9.98. The van der Waals surface area contributed by atoms with Crippen LogP contribution >= 0.6 is 11.6 Å². The molecule has 7 nitrogen and oxygen atoms in total. The summed E-state index contributed by atoms with van der Waals surface area (Å²) in [5, 5.41) is 2.87. The molecule has 4 rings (SSSR count). The molecule has 0 spiro atoms. The van der Waals surface area contributed by atoms with E-state index < -0.39 is 24.3 Å². The summed E-state index contributed by atoms with van der Waals surface area (Å²) in [4.78, 5) is 33.3. The molecule has 3 aromatic rings. The number of aryl methyl sites for hydroxylation is 1. The van der Waals surface area contributed by atoms with Crippen molar-refractivity contribution in [1.29, 1.82) is 0 Å². The number of pyridine rings is 1. The number of amides is 2. The number of halogens is 4. The minimum absolute atomic E-state index is 0.0694. The van der Waals surface area contributed by atoms with Crippen LogP contribution in [-0.2, 0) is 0 Å². The Balaban J connectivity index is 1.69. The highest BCUT2D eigenvalue weighted by Crippen LogP contribution is 2.35. The monoisotopic (exact) mass is 560 g/mol. The summed E-state index contributed by atoms with van der Waals surface area (Å²) in [5.41, 5.74) is 1.96. The maximum Gasteiger partial charge on any atom is 0.278 e. The van der Waals surface area contributed by atoms with Gasteiger partial charge in [0.2, 0.25) is 0 Å². The molecular formula is C28H28ClF3N4O3. The fraction of sp³-hybridized carbons (Fsp3) is 0.321. The Morgan fingerprint density at radius 3 is 2.59 bits per heavy atom. The normalized spacial score (nSPS) is 14.1. The molecule has 2 aromatic carbocycles. The van der Waals surface area contributed by atoms with Crippen LogP contribution in [0.1, 0.15) is 33.2 Å². The number of alkyl halides is 2. The summed E-state index contributed by atoms with van der Waals surface area (Å²) in [5.74, 6) is -5.29. The fourth-order valence-corrected chi connectivity index (χ4v) is 4.49. The van der Waals surface area contributed by atoms with Gasteiger partial charge in [-0.05, 0) is 55.4 Å². The van der Waals surface area contributed by atoms with Crippen molar-refractivity contribution in [2.45, 2.75) is 25.8 Å². The van der Waals surface area contributed by atoms with Gasteiger partial charge in [0.1, 0.15) is 5.82 Å². The SMILES string of the molecule is Cc1ccc(C(=O)NC2CN(C)C2)cc1-c1cnc(N(C)C(=O)c2c(F)cccc2Cl)c(OCC(C)(F)F)c1. The number of carbonyl (C=O) groups is 2. The highest BCUT2D eigenvalue weighted by Gasteiger charge is 2.28. The Labute approximate surface area is 229 Å². The van der Waals surface area contributed by atoms with Gasteiger partial charge in [0.05, 0.1) is 16.6 Å². The molecule has 39 heavy (non-hydrogen) atoms. The summed E-state index contributed by atoms with van der Waals surface area (Å²) in [6.45, 7) is 3.09. The lowest BCUT2D eigenvalue weighted by Gasteiger charge is -2.36. The molecule has 1 aliphatic heterocycles. The third-order valence-electron chi connectivity index (χ3n) is 6.32. The van der Waals surface area contributed by atoms with E-state index in [1.54, 1.807) is 18.2 Å². The van der Waals surface area contributed by atoms with Gasteiger partial charge in [-0.1, -0.05) is 23.7 Å². The molecule has 0 bridgehead atoms. The molecule has 11 heteroatoms. The third-order valence-corrected chi connectivity index (χ3v) is 6.64. The van der Waals surface area contributed by atoms with Crippen LogP contribution in [0.25, 0.3) is 11.1 Å². The molecule has 2 heterocycles. The van der Waals surface area contributed by atoms with Crippen molar-refractivity contribution in [3.05, 3.63) is 76.2 Å². The van der Waals surface area contributed by atoms with Crippen molar-refractivity contribution >= 4 is 29.2 Å². The Hall–Kier alpha value is -3.63. The summed E-state index contributed by atoms with van der Waals surface area (Å²) in [7, 11) is 3.28. The average Bonchev–Trinajstić information content (AvgIpc) is 2.85. The third kappa shape index (κ3) is 6.51. The van der Waals surface area contributed by atoms with Gasteiger partial charge in [-0.15, -0.1) is 0 Å². The fourth-order valence-electron chi connectivity index (χ4n) is 4.25. The van der Waals surface area contributed by atoms with Gasteiger partial charge in [0.25, 0.3) is 17.7 Å². The van der Waals surface area contributed by atoms with Crippen molar-refractivity contribution in [1.82, 2.24) is 15.2 Å². The Kier molecular flexibility index (Phi) is 8.17. The number of likely N-dealkylation sites (N-methyl/N-ethyl adjacent to an activating group) is 1. The largest absolute Gasteiger partial charge is 0.483 e. The molecule has 0 aliphatic carbocycles. The second-order valence-electron chi connectivity index (χ2n) is 9.79. The highest BCUT2D eigenvalue weighted by molar-refractivity contribution is 6.34. The Bertz CT molecular complexity index is 1390. The number of carbonyl (C=O) groups excluding carboxylic acids is 2. The molecule has 206 valence electrons. The van der Waals surface area contributed by atoms with Gasteiger partial charge in [0.15, 0.2) is 18.2 Å². The molecule has 1 aromatic heterocycles. The molecule has 0 atom stereocenters. The number of ether oxygens (including phenoxy) is 1. The van der Waals surface area contributed by atoms with Crippen molar-refractivity contribution in [3.63, 3.8) is 0 Å². The molecule has 1 N–H and O–H groups in total. The second-order valence-corrected chi connectivity index (χ2v) is 10.2. The smallest absolute Gasteiger partial charge is 0.278 e. The number of aromatic nitrogens is 1. The quantitative estimate of drug-likeness (QED) is 0.410. The standard InChI is InChI=1S/C28H28ClF3N4O3/c1-16-8-9-17(26(37)34-19-13-35(3)14-19)10-20(16)18-11-23(39-15-28(2,31)32)25(33-12-18)36(4)27(38)24-21(29)6-5-7-22(24)30/h5-12,19H,13-15H2,1-4H3,(H,34,37). The first-order valence-electron chi connectivity index (χ1n) is 12.2. The summed E-state index contributed by atoms with van der Waals surface area (Å²) < 4.78 is 47.3.